The van der Waals surface area contributed by atoms with E-state index in [2.05, 4.69) is 9.88 Å². The number of rotatable bonds is 7. The predicted octanol–water partition coefficient (Wildman–Crippen LogP) is 5.15. The Bertz CT molecular complexity index is 1350. The highest BCUT2D eigenvalue weighted by molar-refractivity contribution is 5.76. The molecule has 2 amide bonds. The van der Waals surface area contributed by atoms with Gasteiger partial charge in [0.05, 0.1) is 29.7 Å². The van der Waals surface area contributed by atoms with Gasteiger partial charge in [0, 0.05) is 31.5 Å². The molecule has 0 radical (unpaired) electrons. The Kier molecular flexibility index (Phi) is 6.86. The predicted molar refractivity (Wildman–Crippen MR) is 136 cm³/mol. The van der Waals surface area contributed by atoms with E-state index < -0.39 is 6.04 Å². The second-order valence-corrected chi connectivity index (χ2v) is 8.81. The second-order valence-electron chi connectivity index (χ2n) is 8.81. The number of aromatic nitrogens is 3. The zero-order chi connectivity index (χ0) is 25.1. The van der Waals surface area contributed by atoms with Crippen LogP contribution in [-0.4, -0.2) is 45.0 Å². The standard InChI is InChI=1S/C28H30FN5O2/c1-3-36-17-9-15-30-28(35)33-19-24-20(2)31-34(23-12-5-4-6-13-23)27(24)32-16-8-14-25(32)26(33)21-10-7-11-22(29)18-21/h4-8,10-14,16,18,26H,3,9,15,17,19H2,1-2H3,(H,30,35). The van der Waals surface area contributed by atoms with E-state index in [-0.39, 0.29) is 11.8 Å². The summed E-state index contributed by atoms with van der Waals surface area (Å²) >= 11 is 0. The van der Waals surface area contributed by atoms with Crippen LogP contribution in [0, 0.1) is 12.7 Å². The van der Waals surface area contributed by atoms with Crippen molar-refractivity contribution < 1.29 is 13.9 Å². The van der Waals surface area contributed by atoms with E-state index in [1.807, 2.05) is 73.3 Å². The number of carbonyl (C=O) groups excluding carboxylic acids is 1. The fraction of sp³-hybridized carbons (Fsp3) is 0.286. The maximum Gasteiger partial charge on any atom is 0.318 e. The van der Waals surface area contributed by atoms with Gasteiger partial charge in [-0.2, -0.15) is 5.10 Å². The number of para-hydroxylation sites is 1. The minimum absolute atomic E-state index is 0.215. The van der Waals surface area contributed by atoms with Gasteiger partial charge in [-0.15, -0.1) is 0 Å². The summed E-state index contributed by atoms with van der Waals surface area (Å²) in [4.78, 5) is 15.4. The van der Waals surface area contributed by atoms with E-state index in [0.717, 1.165) is 28.5 Å². The van der Waals surface area contributed by atoms with Crippen LogP contribution in [0.15, 0.2) is 72.9 Å². The molecule has 0 saturated carbocycles. The van der Waals surface area contributed by atoms with Crippen LogP contribution >= 0.6 is 0 Å². The van der Waals surface area contributed by atoms with Crippen LogP contribution in [-0.2, 0) is 11.3 Å². The van der Waals surface area contributed by atoms with Gasteiger partial charge in [0.2, 0.25) is 0 Å². The number of urea groups is 1. The van der Waals surface area contributed by atoms with Gasteiger partial charge >= 0.3 is 6.03 Å². The first-order valence-corrected chi connectivity index (χ1v) is 12.3. The van der Waals surface area contributed by atoms with Gasteiger partial charge in [0.25, 0.3) is 0 Å². The van der Waals surface area contributed by atoms with E-state index in [1.54, 1.807) is 11.0 Å². The normalized spacial score (nSPS) is 14.8. The molecule has 1 unspecified atom stereocenters. The van der Waals surface area contributed by atoms with Crippen LogP contribution < -0.4 is 5.32 Å². The lowest BCUT2D eigenvalue weighted by Gasteiger charge is -2.31. The van der Waals surface area contributed by atoms with Crippen LogP contribution in [0.5, 0.6) is 0 Å². The second kappa shape index (κ2) is 10.4. The molecular formula is C28H30FN5O2. The number of nitrogens with one attached hydrogen (secondary N) is 1. The average Bonchev–Trinajstić information content (AvgIpc) is 3.44. The Morgan fingerprint density at radius 1 is 1.14 bits per heavy atom. The van der Waals surface area contributed by atoms with Crippen molar-refractivity contribution in [2.24, 2.45) is 0 Å². The Morgan fingerprint density at radius 3 is 2.75 bits per heavy atom. The summed E-state index contributed by atoms with van der Waals surface area (Å²) in [6.07, 6.45) is 2.69. The molecule has 3 heterocycles. The number of amides is 2. The molecule has 1 aliphatic heterocycles. The van der Waals surface area contributed by atoms with Crippen molar-refractivity contribution in [3.05, 3.63) is 101 Å². The SMILES string of the molecule is CCOCCCNC(=O)N1Cc2c(C)nn(-c3ccccc3)c2-n2cccc2C1c1cccc(F)c1. The summed E-state index contributed by atoms with van der Waals surface area (Å²) in [6.45, 7) is 5.95. The molecule has 7 nitrogen and oxygen atoms in total. The van der Waals surface area contributed by atoms with Crippen molar-refractivity contribution in [1.29, 1.82) is 0 Å². The lowest BCUT2D eigenvalue weighted by atomic mass is 10.0. The van der Waals surface area contributed by atoms with Gasteiger partial charge in [0.1, 0.15) is 11.6 Å². The summed E-state index contributed by atoms with van der Waals surface area (Å²) < 4.78 is 23.8. The number of hydrogen-bond donors (Lipinski definition) is 1. The first kappa shape index (κ1) is 23.8. The van der Waals surface area contributed by atoms with Crippen molar-refractivity contribution in [2.75, 3.05) is 19.8 Å². The molecule has 0 aliphatic carbocycles. The molecule has 1 aliphatic rings. The van der Waals surface area contributed by atoms with Crippen molar-refractivity contribution in [2.45, 2.75) is 32.9 Å². The maximum atomic E-state index is 14.4. The summed E-state index contributed by atoms with van der Waals surface area (Å²) in [5.74, 6) is 0.544. The number of hydrogen-bond acceptors (Lipinski definition) is 3. The van der Waals surface area contributed by atoms with Gasteiger partial charge in [-0.25, -0.2) is 13.9 Å². The third-order valence-electron chi connectivity index (χ3n) is 6.46. The number of carbonyl (C=O) groups is 1. The number of fused-ring (bicyclic) bond motifs is 3. The third kappa shape index (κ3) is 4.52. The summed E-state index contributed by atoms with van der Waals surface area (Å²) in [6, 6.07) is 19.6. The van der Waals surface area contributed by atoms with E-state index in [1.165, 1.54) is 12.1 Å². The number of ether oxygens (including phenoxy) is 1. The molecule has 5 rings (SSSR count). The van der Waals surface area contributed by atoms with Crippen LogP contribution in [0.3, 0.4) is 0 Å². The topological polar surface area (TPSA) is 64.3 Å². The minimum Gasteiger partial charge on any atom is -0.382 e. The lowest BCUT2D eigenvalue weighted by Crippen LogP contribution is -2.42. The van der Waals surface area contributed by atoms with Gasteiger partial charge < -0.3 is 19.5 Å². The van der Waals surface area contributed by atoms with E-state index in [4.69, 9.17) is 9.84 Å². The molecular weight excluding hydrogens is 457 g/mol. The maximum absolute atomic E-state index is 14.4. The molecule has 2 aromatic carbocycles. The van der Waals surface area contributed by atoms with Crippen molar-refractivity contribution in [3.63, 3.8) is 0 Å². The summed E-state index contributed by atoms with van der Waals surface area (Å²) in [5.41, 5.74) is 4.28. The number of halogens is 1. The first-order valence-electron chi connectivity index (χ1n) is 12.3. The van der Waals surface area contributed by atoms with Crippen LogP contribution in [0.25, 0.3) is 11.5 Å². The fourth-order valence-electron chi connectivity index (χ4n) is 4.79. The van der Waals surface area contributed by atoms with Crippen molar-refractivity contribution in [1.82, 2.24) is 24.6 Å². The minimum atomic E-state index is -0.487. The Hall–Kier alpha value is -3.91. The molecule has 36 heavy (non-hydrogen) atoms. The lowest BCUT2D eigenvalue weighted by molar-refractivity contribution is 0.143. The molecule has 0 fully saturated rings. The average molecular weight is 488 g/mol. The number of aryl methyl sites for hydroxylation is 1. The molecule has 0 bridgehead atoms. The highest BCUT2D eigenvalue weighted by Crippen LogP contribution is 2.38. The van der Waals surface area contributed by atoms with Crippen molar-refractivity contribution >= 4 is 6.03 Å². The van der Waals surface area contributed by atoms with E-state index in [9.17, 15) is 9.18 Å². The zero-order valence-electron chi connectivity index (χ0n) is 20.5. The molecule has 1 N–H and O–H groups in total. The van der Waals surface area contributed by atoms with Crippen LogP contribution in [0.1, 0.15) is 41.9 Å². The molecule has 4 aromatic rings. The first-order chi connectivity index (χ1) is 17.6. The zero-order valence-corrected chi connectivity index (χ0v) is 20.5. The highest BCUT2D eigenvalue weighted by Gasteiger charge is 2.36. The van der Waals surface area contributed by atoms with Gasteiger partial charge in [-0.05, 0) is 62.2 Å². The van der Waals surface area contributed by atoms with E-state index in [0.29, 0.717) is 38.3 Å². The Labute approximate surface area is 210 Å². The summed E-state index contributed by atoms with van der Waals surface area (Å²) in [7, 11) is 0. The summed E-state index contributed by atoms with van der Waals surface area (Å²) in [5, 5.41) is 7.89. The molecule has 0 saturated heterocycles. The molecule has 2 aromatic heterocycles. The molecule has 0 spiro atoms. The number of nitrogens with zero attached hydrogens (tertiary/aromatic N) is 4. The monoisotopic (exact) mass is 487 g/mol. The van der Waals surface area contributed by atoms with Crippen LogP contribution in [0.4, 0.5) is 9.18 Å². The molecule has 1 atom stereocenters. The highest BCUT2D eigenvalue weighted by atomic mass is 19.1. The Balaban J connectivity index is 1.61. The molecule has 8 heteroatoms. The van der Waals surface area contributed by atoms with Gasteiger partial charge in [-0.3, -0.25) is 0 Å². The fourth-order valence-corrected chi connectivity index (χ4v) is 4.79. The van der Waals surface area contributed by atoms with Gasteiger partial charge in [0.15, 0.2) is 0 Å². The van der Waals surface area contributed by atoms with Crippen LogP contribution in [0.2, 0.25) is 0 Å². The third-order valence-corrected chi connectivity index (χ3v) is 6.46. The quantitative estimate of drug-likeness (QED) is 0.367. The molecule has 186 valence electrons. The smallest absolute Gasteiger partial charge is 0.318 e. The van der Waals surface area contributed by atoms with Crippen molar-refractivity contribution in [3.8, 4) is 11.5 Å². The van der Waals surface area contributed by atoms with E-state index >= 15 is 0 Å². The van der Waals surface area contributed by atoms with Gasteiger partial charge in [-0.1, -0.05) is 30.3 Å². The number of benzene rings is 2. The largest absolute Gasteiger partial charge is 0.382 e. The Morgan fingerprint density at radius 2 is 1.97 bits per heavy atom.